The fraction of sp³-hybridized carbons (Fsp3) is 0.753. The van der Waals surface area contributed by atoms with Crippen molar-refractivity contribution in [3.63, 3.8) is 0 Å². The highest BCUT2D eigenvalue weighted by molar-refractivity contribution is 5.71. The van der Waals surface area contributed by atoms with Gasteiger partial charge >= 0.3 is 17.9 Å². The first-order valence-electron chi connectivity index (χ1n) is 35.7. The van der Waals surface area contributed by atoms with Gasteiger partial charge < -0.3 is 14.2 Å². The monoisotopic (exact) mass is 1160 g/mol. The van der Waals surface area contributed by atoms with Crippen LogP contribution in [0.4, 0.5) is 0 Å². The molecular weight excluding hydrogens is 1020 g/mol. The summed E-state index contributed by atoms with van der Waals surface area (Å²) in [6, 6.07) is 0. The van der Waals surface area contributed by atoms with Gasteiger partial charge in [0.1, 0.15) is 13.2 Å². The highest BCUT2D eigenvalue weighted by Gasteiger charge is 2.19. The van der Waals surface area contributed by atoms with E-state index in [-0.39, 0.29) is 31.1 Å². The average Bonchev–Trinajstić information content (AvgIpc) is 3.49. The molecule has 478 valence electrons. The molecule has 0 spiro atoms. The first-order chi connectivity index (χ1) is 41.0. The number of carbonyl (C=O) groups excluding carboxylic acids is 3. The number of hydrogen-bond acceptors (Lipinski definition) is 6. The van der Waals surface area contributed by atoms with E-state index >= 15 is 0 Å². The highest BCUT2D eigenvalue weighted by Crippen LogP contribution is 2.17. The molecule has 0 amide bonds. The van der Waals surface area contributed by atoms with Gasteiger partial charge in [-0.3, -0.25) is 14.4 Å². The van der Waals surface area contributed by atoms with E-state index in [2.05, 4.69) is 118 Å². The lowest BCUT2D eigenvalue weighted by Crippen LogP contribution is -2.30. The third kappa shape index (κ3) is 69.0. The van der Waals surface area contributed by atoms with Crippen LogP contribution in [0.1, 0.15) is 355 Å². The molecule has 0 saturated heterocycles. The lowest BCUT2D eigenvalue weighted by Gasteiger charge is -2.18. The molecule has 0 aliphatic heterocycles. The number of rotatable bonds is 65. The molecule has 0 aromatic heterocycles. The normalized spacial score (nSPS) is 12.7. The molecule has 83 heavy (non-hydrogen) atoms. The number of allylic oxidation sites excluding steroid dienone is 16. The van der Waals surface area contributed by atoms with Crippen molar-refractivity contribution >= 4 is 17.9 Å². The number of hydrogen-bond donors (Lipinski definition) is 0. The maximum absolute atomic E-state index is 12.9. The fourth-order valence-electron chi connectivity index (χ4n) is 10.2. The van der Waals surface area contributed by atoms with Crippen LogP contribution >= 0.6 is 0 Å². The smallest absolute Gasteiger partial charge is 0.306 e. The maximum atomic E-state index is 12.9. The van der Waals surface area contributed by atoms with Crippen LogP contribution < -0.4 is 0 Å². The van der Waals surface area contributed by atoms with Crippen molar-refractivity contribution < 1.29 is 28.6 Å². The summed E-state index contributed by atoms with van der Waals surface area (Å²) in [5.41, 5.74) is 0. The SMILES string of the molecule is CC/C=C\C/C=C\C/C=C\C/C=C\C/C=C\C/C=C\C/C=C\CCCCCCCCCCCCCCCC(=O)OCC(COC(=O)CCCCCCCCC)OC(=O)CCCCCCCCCCCCC/C=C\CCCCCCCCCC. The van der Waals surface area contributed by atoms with Crippen LogP contribution in [0.2, 0.25) is 0 Å². The highest BCUT2D eigenvalue weighted by atomic mass is 16.6. The van der Waals surface area contributed by atoms with Gasteiger partial charge in [0.2, 0.25) is 0 Å². The minimum absolute atomic E-state index is 0.0735. The van der Waals surface area contributed by atoms with E-state index in [1.54, 1.807) is 0 Å². The molecule has 0 fully saturated rings. The zero-order valence-corrected chi connectivity index (χ0v) is 54.9. The maximum Gasteiger partial charge on any atom is 0.306 e. The van der Waals surface area contributed by atoms with Gasteiger partial charge in [-0.25, -0.2) is 0 Å². The van der Waals surface area contributed by atoms with E-state index in [1.807, 2.05) is 0 Å². The molecular formula is C77H134O6. The Bertz CT molecular complexity index is 1610. The van der Waals surface area contributed by atoms with Crippen LogP contribution in [0.15, 0.2) is 97.2 Å². The molecule has 6 nitrogen and oxygen atoms in total. The lowest BCUT2D eigenvalue weighted by atomic mass is 10.0. The molecule has 0 bridgehead atoms. The predicted molar refractivity (Wildman–Crippen MR) is 362 cm³/mol. The minimum atomic E-state index is -0.775. The Labute approximate surface area is 515 Å². The van der Waals surface area contributed by atoms with E-state index in [0.29, 0.717) is 19.3 Å². The van der Waals surface area contributed by atoms with Gasteiger partial charge in [-0.2, -0.15) is 0 Å². The fourth-order valence-corrected chi connectivity index (χ4v) is 10.2. The van der Waals surface area contributed by atoms with E-state index in [9.17, 15) is 14.4 Å². The summed E-state index contributed by atoms with van der Waals surface area (Å²) < 4.78 is 16.9. The van der Waals surface area contributed by atoms with Crippen LogP contribution in [0.25, 0.3) is 0 Å². The summed E-state index contributed by atoms with van der Waals surface area (Å²) >= 11 is 0. The Balaban J connectivity index is 4.05. The van der Waals surface area contributed by atoms with Gasteiger partial charge in [0.05, 0.1) is 0 Å². The molecule has 0 rings (SSSR count). The van der Waals surface area contributed by atoms with Crippen molar-refractivity contribution in [2.45, 2.75) is 361 Å². The lowest BCUT2D eigenvalue weighted by molar-refractivity contribution is -0.167. The Morgan fingerprint density at radius 3 is 0.747 bits per heavy atom. The summed E-state index contributed by atoms with van der Waals surface area (Å²) in [6.07, 6.45) is 96.1. The number of ether oxygens (including phenoxy) is 3. The Morgan fingerprint density at radius 2 is 0.470 bits per heavy atom. The number of carbonyl (C=O) groups is 3. The largest absolute Gasteiger partial charge is 0.462 e. The van der Waals surface area contributed by atoms with Gasteiger partial charge in [-0.15, -0.1) is 0 Å². The molecule has 0 aliphatic carbocycles. The van der Waals surface area contributed by atoms with E-state index < -0.39 is 6.10 Å². The average molecular weight is 1160 g/mol. The third-order valence-corrected chi connectivity index (χ3v) is 15.6. The second-order valence-electron chi connectivity index (χ2n) is 23.8. The van der Waals surface area contributed by atoms with E-state index in [0.717, 1.165) is 103 Å². The third-order valence-electron chi connectivity index (χ3n) is 15.6. The van der Waals surface area contributed by atoms with Crippen LogP contribution in [-0.4, -0.2) is 37.2 Å². The Morgan fingerprint density at radius 1 is 0.253 bits per heavy atom. The molecule has 0 aromatic carbocycles. The van der Waals surface area contributed by atoms with Crippen molar-refractivity contribution in [1.82, 2.24) is 0 Å². The zero-order chi connectivity index (χ0) is 59.9. The van der Waals surface area contributed by atoms with Gasteiger partial charge in [-0.05, 0) is 103 Å². The van der Waals surface area contributed by atoms with Crippen molar-refractivity contribution in [3.8, 4) is 0 Å². The van der Waals surface area contributed by atoms with Gasteiger partial charge in [-0.1, -0.05) is 330 Å². The van der Waals surface area contributed by atoms with Crippen molar-refractivity contribution in [2.24, 2.45) is 0 Å². The van der Waals surface area contributed by atoms with Crippen LogP contribution in [0, 0.1) is 0 Å². The quantitative estimate of drug-likeness (QED) is 0.0261. The molecule has 0 aromatic rings. The summed E-state index contributed by atoms with van der Waals surface area (Å²) in [6.45, 7) is 6.52. The van der Waals surface area contributed by atoms with Gasteiger partial charge in [0.25, 0.3) is 0 Å². The van der Waals surface area contributed by atoms with Crippen LogP contribution in [0.3, 0.4) is 0 Å². The molecule has 0 saturated carbocycles. The summed E-state index contributed by atoms with van der Waals surface area (Å²) in [5.74, 6) is -0.866. The first-order valence-corrected chi connectivity index (χ1v) is 35.7. The molecule has 1 atom stereocenters. The number of esters is 3. The summed E-state index contributed by atoms with van der Waals surface area (Å²) in [4.78, 5) is 38.2. The second-order valence-corrected chi connectivity index (χ2v) is 23.8. The molecule has 1 unspecified atom stereocenters. The molecule has 0 heterocycles. The molecule has 0 radical (unpaired) electrons. The summed E-state index contributed by atoms with van der Waals surface area (Å²) in [7, 11) is 0. The van der Waals surface area contributed by atoms with Crippen LogP contribution in [-0.2, 0) is 28.6 Å². The number of unbranched alkanes of at least 4 members (excludes halogenated alkanes) is 38. The predicted octanol–water partition coefficient (Wildman–Crippen LogP) is 24.8. The molecule has 0 N–H and O–H groups in total. The van der Waals surface area contributed by atoms with E-state index in [1.165, 1.54) is 212 Å². The van der Waals surface area contributed by atoms with Gasteiger partial charge in [0, 0.05) is 19.3 Å². The van der Waals surface area contributed by atoms with E-state index in [4.69, 9.17) is 14.2 Å². The Kier molecular flexibility index (Phi) is 67.7. The first kappa shape index (κ1) is 79.3. The van der Waals surface area contributed by atoms with Crippen molar-refractivity contribution in [1.29, 1.82) is 0 Å². The molecule has 0 aliphatic rings. The molecule has 6 heteroatoms. The van der Waals surface area contributed by atoms with Gasteiger partial charge in [0.15, 0.2) is 6.10 Å². The second kappa shape index (κ2) is 70.8. The summed E-state index contributed by atoms with van der Waals surface area (Å²) in [5, 5.41) is 0. The standard InChI is InChI=1S/C77H134O6/c1-4-7-10-13-16-18-20-22-24-26-28-30-32-33-34-35-36-37-38-39-40-41-42-43-45-46-48-50-52-54-56-58-61-64-67-70-76(79)82-73-74(72-81-75(78)69-66-63-60-15-12-9-6-3)83-77(80)71-68-65-62-59-57-55-53-51-49-47-44-31-29-27-25-23-21-19-17-14-11-8-5-2/h7,10,16,18,22,24,27-30,33-34,36-37,39-40,74H,4-6,8-9,11-15,17,19-21,23,25-26,31-32,35,38,41-73H2,1-3H3/b10-7-,18-16-,24-22-,29-27-,30-28-,34-33-,37-36-,40-39-. The van der Waals surface area contributed by atoms with Crippen molar-refractivity contribution in [3.05, 3.63) is 97.2 Å². The van der Waals surface area contributed by atoms with Crippen molar-refractivity contribution in [2.75, 3.05) is 13.2 Å². The van der Waals surface area contributed by atoms with Crippen LogP contribution in [0.5, 0.6) is 0 Å². The topological polar surface area (TPSA) is 78.9 Å². The minimum Gasteiger partial charge on any atom is -0.462 e. The zero-order valence-electron chi connectivity index (χ0n) is 54.9. The Hall–Kier alpha value is -3.67.